The maximum Gasteiger partial charge on any atom is 0.161 e. The van der Waals surface area contributed by atoms with E-state index in [2.05, 4.69) is 5.48 Å². The Balaban J connectivity index is 2.64. The molecule has 0 fully saturated rings. The Hall–Kier alpha value is -1.26. The zero-order chi connectivity index (χ0) is 13.6. The lowest BCUT2D eigenvalue weighted by atomic mass is 10.2. The predicted molar refractivity (Wildman–Crippen MR) is 71.8 cm³/mol. The minimum absolute atomic E-state index is 0.199. The van der Waals surface area contributed by atoms with Crippen LogP contribution in [0.4, 0.5) is 0 Å². The molecule has 0 unspecified atom stereocenters. The van der Waals surface area contributed by atoms with Gasteiger partial charge in [0, 0.05) is 6.54 Å². The molecule has 0 amide bonds. The van der Waals surface area contributed by atoms with Gasteiger partial charge in [0.15, 0.2) is 11.5 Å². The van der Waals surface area contributed by atoms with E-state index in [9.17, 15) is 0 Å². The van der Waals surface area contributed by atoms with E-state index in [0.29, 0.717) is 13.2 Å². The highest BCUT2D eigenvalue weighted by molar-refractivity contribution is 5.42. The molecular weight excluding hydrogens is 230 g/mol. The molecule has 0 heterocycles. The van der Waals surface area contributed by atoms with Crippen molar-refractivity contribution in [2.24, 2.45) is 0 Å². The Kier molecular flexibility index (Phi) is 5.44. The molecule has 4 heteroatoms. The van der Waals surface area contributed by atoms with E-state index < -0.39 is 0 Å². The molecule has 102 valence electrons. The van der Waals surface area contributed by atoms with Crippen LogP contribution in [0.5, 0.6) is 11.5 Å². The van der Waals surface area contributed by atoms with Gasteiger partial charge < -0.3 is 9.47 Å². The Morgan fingerprint density at radius 3 is 2.44 bits per heavy atom. The first-order valence-electron chi connectivity index (χ1n) is 6.17. The van der Waals surface area contributed by atoms with E-state index in [1.165, 1.54) is 0 Å². The van der Waals surface area contributed by atoms with Crippen LogP contribution in [0.3, 0.4) is 0 Å². The van der Waals surface area contributed by atoms with Crippen molar-refractivity contribution in [3.8, 4) is 11.5 Å². The van der Waals surface area contributed by atoms with Gasteiger partial charge in [-0.25, -0.2) is 0 Å². The summed E-state index contributed by atoms with van der Waals surface area (Å²) in [6, 6.07) is 5.85. The van der Waals surface area contributed by atoms with Gasteiger partial charge in [-0.05, 0) is 45.4 Å². The fourth-order valence-electron chi connectivity index (χ4n) is 1.44. The molecule has 0 radical (unpaired) electrons. The lowest BCUT2D eigenvalue weighted by molar-refractivity contribution is -0.0757. The number of nitrogens with one attached hydrogen (secondary N) is 1. The second-order valence-corrected chi connectivity index (χ2v) is 4.95. The second kappa shape index (κ2) is 6.61. The zero-order valence-corrected chi connectivity index (χ0v) is 11.9. The number of hydrogen-bond donors (Lipinski definition) is 1. The third-order valence-corrected chi connectivity index (χ3v) is 2.18. The van der Waals surface area contributed by atoms with Gasteiger partial charge in [-0.2, -0.15) is 5.48 Å². The summed E-state index contributed by atoms with van der Waals surface area (Å²) < 4.78 is 10.8. The number of rotatable bonds is 6. The average molecular weight is 253 g/mol. The Bertz CT molecular complexity index is 372. The van der Waals surface area contributed by atoms with Crippen LogP contribution in [0.2, 0.25) is 0 Å². The highest BCUT2D eigenvalue weighted by atomic mass is 16.7. The number of ether oxygens (including phenoxy) is 2. The summed E-state index contributed by atoms with van der Waals surface area (Å²) in [6.07, 6.45) is 0. The third kappa shape index (κ3) is 4.94. The van der Waals surface area contributed by atoms with Crippen LogP contribution in [0.25, 0.3) is 0 Å². The monoisotopic (exact) mass is 253 g/mol. The first-order chi connectivity index (χ1) is 8.46. The first-order valence-corrected chi connectivity index (χ1v) is 6.17. The largest absolute Gasteiger partial charge is 0.493 e. The van der Waals surface area contributed by atoms with Crippen LogP contribution in [0, 0.1) is 0 Å². The smallest absolute Gasteiger partial charge is 0.161 e. The molecule has 1 aromatic rings. The third-order valence-electron chi connectivity index (χ3n) is 2.18. The van der Waals surface area contributed by atoms with E-state index >= 15 is 0 Å². The van der Waals surface area contributed by atoms with Crippen molar-refractivity contribution in [1.29, 1.82) is 0 Å². The van der Waals surface area contributed by atoms with Crippen LogP contribution in [-0.2, 0) is 11.4 Å². The molecule has 0 saturated carbocycles. The van der Waals surface area contributed by atoms with Gasteiger partial charge in [-0.3, -0.25) is 4.84 Å². The minimum atomic E-state index is -0.199. The minimum Gasteiger partial charge on any atom is -0.493 e. The molecule has 0 aliphatic heterocycles. The summed E-state index contributed by atoms with van der Waals surface area (Å²) in [5, 5.41) is 0. The normalized spacial score (nSPS) is 11.4. The number of hydrogen-bond acceptors (Lipinski definition) is 4. The van der Waals surface area contributed by atoms with Crippen molar-refractivity contribution >= 4 is 0 Å². The van der Waals surface area contributed by atoms with Crippen molar-refractivity contribution < 1.29 is 14.3 Å². The van der Waals surface area contributed by atoms with Crippen LogP contribution in [0.15, 0.2) is 18.2 Å². The molecule has 1 aromatic carbocycles. The molecule has 0 aliphatic carbocycles. The Labute approximate surface area is 109 Å². The van der Waals surface area contributed by atoms with Crippen molar-refractivity contribution in [2.45, 2.75) is 39.8 Å². The number of benzene rings is 1. The quantitative estimate of drug-likeness (QED) is 0.791. The van der Waals surface area contributed by atoms with Gasteiger partial charge in [-0.15, -0.1) is 0 Å². The summed E-state index contributed by atoms with van der Waals surface area (Å²) in [5.41, 5.74) is 3.84. The summed E-state index contributed by atoms with van der Waals surface area (Å²) in [4.78, 5) is 5.47. The van der Waals surface area contributed by atoms with Gasteiger partial charge in [0.1, 0.15) is 0 Å². The maximum atomic E-state index is 5.52. The summed E-state index contributed by atoms with van der Waals surface area (Å²) >= 11 is 0. The lowest BCUT2D eigenvalue weighted by Gasteiger charge is -2.19. The maximum absolute atomic E-state index is 5.52. The fraction of sp³-hybridized carbons (Fsp3) is 0.571. The molecular formula is C14H23NO3. The zero-order valence-electron chi connectivity index (χ0n) is 11.9. The molecule has 0 aromatic heterocycles. The molecule has 0 saturated heterocycles. The summed E-state index contributed by atoms with van der Waals surface area (Å²) in [6.45, 7) is 9.19. The summed E-state index contributed by atoms with van der Waals surface area (Å²) in [7, 11) is 1.64. The predicted octanol–water partition coefficient (Wildman–Crippen LogP) is 2.91. The molecule has 0 spiro atoms. The average Bonchev–Trinajstić information content (AvgIpc) is 2.28. The SMILES string of the molecule is CCOc1cc(CNOC(C)(C)C)ccc1OC. The lowest BCUT2D eigenvalue weighted by Crippen LogP contribution is -2.28. The van der Waals surface area contributed by atoms with Gasteiger partial charge in [0.05, 0.1) is 19.3 Å². The molecule has 1 N–H and O–H groups in total. The van der Waals surface area contributed by atoms with Gasteiger partial charge in [-0.1, -0.05) is 6.07 Å². The highest BCUT2D eigenvalue weighted by Gasteiger charge is 2.10. The molecule has 0 atom stereocenters. The van der Waals surface area contributed by atoms with E-state index in [1.54, 1.807) is 7.11 Å². The second-order valence-electron chi connectivity index (χ2n) is 4.95. The van der Waals surface area contributed by atoms with Crippen LogP contribution in [0.1, 0.15) is 33.3 Å². The van der Waals surface area contributed by atoms with E-state index in [4.69, 9.17) is 14.3 Å². The Morgan fingerprint density at radius 2 is 1.89 bits per heavy atom. The van der Waals surface area contributed by atoms with E-state index in [-0.39, 0.29) is 5.60 Å². The van der Waals surface area contributed by atoms with Crippen LogP contribution in [-0.4, -0.2) is 19.3 Å². The van der Waals surface area contributed by atoms with E-state index in [0.717, 1.165) is 17.1 Å². The standard InChI is InChI=1S/C14H23NO3/c1-6-17-13-9-11(7-8-12(13)16-5)10-15-18-14(2,3)4/h7-9,15H,6,10H2,1-5H3. The van der Waals surface area contributed by atoms with Crippen molar-refractivity contribution in [1.82, 2.24) is 5.48 Å². The summed E-state index contributed by atoms with van der Waals surface area (Å²) in [5.74, 6) is 1.51. The number of hydroxylamine groups is 1. The molecule has 0 bridgehead atoms. The van der Waals surface area contributed by atoms with Gasteiger partial charge >= 0.3 is 0 Å². The van der Waals surface area contributed by atoms with Crippen LogP contribution >= 0.6 is 0 Å². The molecule has 4 nitrogen and oxygen atoms in total. The highest BCUT2D eigenvalue weighted by Crippen LogP contribution is 2.28. The van der Waals surface area contributed by atoms with Crippen molar-refractivity contribution in [2.75, 3.05) is 13.7 Å². The fourth-order valence-corrected chi connectivity index (χ4v) is 1.44. The molecule has 1 rings (SSSR count). The first kappa shape index (κ1) is 14.8. The van der Waals surface area contributed by atoms with Gasteiger partial charge in [0.2, 0.25) is 0 Å². The Morgan fingerprint density at radius 1 is 1.17 bits per heavy atom. The van der Waals surface area contributed by atoms with Crippen molar-refractivity contribution in [3.63, 3.8) is 0 Å². The van der Waals surface area contributed by atoms with Crippen LogP contribution < -0.4 is 15.0 Å². The molecule has 0 aliphatic rings. The van der Waals surface area contributed by atoms with Gasteiger partial charge in [0.25, 0.3) is 0 Å². The topological polar surface area (TPSA) is 39.7 Å². The molecule has 18 heavy (non-hydrogen) atoms. The number of methoxy groups -OCH3 is 1. The van der Waals surface area contributed by atoms with Crippen molar-refractivity contribution in [3.05, 3.63) is 23.8 Å². The van der Waals surface area contributed by atoms with E-state index in [1.807, 2.05) is 45.9 Å².